The summed E-state index contributed by atoms with van der Waals surface area (Å²) in [5.74, 6) is -0.273. The molecule has 5 heteroatoms. The molecule has 2 aromatic rings. The third-order valence-electron chi connectivity index (χ3n) is 2.49. The molecule has 0 amide bonds. The van der Waals surface area contributed by atoms with Crippen molar-refractivity contribution in [1.82, 2.24) is 9.78 Å². The van der Waals surface area contributed by atoms with E-state index in [0.29, 0.717) is 5.75 Å². The van der Waals surface area contributed by atoms with E-state index in [0.717, 1.165) is 17.2 Å². The summed E-state index contributed by atoms with van der Waals surface area (Å²) in [6, 6.07) is 9.08. The minimum Gasteiger partial charge on any atom is -0.459 e. The van der Waals surface area contributed by atoms with Crippen molar-refractivity contribution < 1.29 is 9.13 Å². The van der Waals surface area contributed by atoms with Crippen molar-refractivity contribution in [3.63, 3.8) is 0 Å². The average Bonchev–Trinajstić information content (AvgIpc) is 2.58. The standard InChI is InChI=1S/C14H18FN3O/c1-10-9-13(18(4)17-10)16-11-5-7-12(8-6-11)19-14(2,3)15/h5-9,16H,1-4H3. The Hall–Kier alpha value is -2.04. The third-order valence-corrected chi connectivity index (χ3v) is 2.49. The summed E-state index contributed by atoms with van der Waals surface area (Å²) in [5, 5.41) is 7.49. The highest BCUT2D eigenvalue weighted by atomic mass is 19.2. The van der Waals surface area contributed by atoms with E-state index in [4.69, 9.17) is 4.74 Å². The molecule has 0 aliphatic heterocycles. The second kappa shape index (κ2) is 4.91. The zero-order chi connectivity index (χ0) is 14.0. The molecule has 0 spiro atoms. The lowest BCUT2D eigenvalue weighted by Gasteiger charge is -2.17. The fourth-order valence-electron chi connectivity index (χ4n) is 1.76. The van der Waals surface area contributed by atoms with E-state index in [-0.39, 0.29) is 0 Å². The highest BCUT2D eigenvalue weighted by Crippen LogP contribution is 2.23. The van der Waals surface area contributed by atoms with Gasteiger partial charge in [0.05, 0.1) is 5.69 Å². The molecule has 0 aliphatic rings. The first-order chi connectivity index (χ1) is 8.83. The Bertz CT molecular complexity index is 555. The summed E-state index contributed by atoms with van der Waals surface area (Å²) in [6.07, 6.45) is 0. The normalized spacial score (nSPS) is 11.4. The van der Waals surface area contributed by atoms with E-state index < -0.39 is 5.85 Å². The van der Waals surface area contributed by atoms with Crippen LogP contribution >= 0.6 is 0 Å². The van der Waals surface area contributed by atoms with Crippen molar-refractivity contribution in [2.45, 2.75) is 26.6 Å². The number of hydrogen-bond acceptors (Lipinski definition) is 3. The molecule has 0 saturated carbocycles. The molecular formula is C14H18FN3O. The number of hydrogen-bond donors (Lipinski definition) is 1. The maximum atomic E-state index is 13.3. The molecule has 102 valence electrons. The van der Waals surface area contributed by atoms with Crippen LogP contribution in [0.1, 0.15) is 19.5 Å². The Morgan fingerprint density at radius 2 is 1.89 bits per heavy atom. The highest BCUT2D eigenvalue weighted by Gasteiger charge is 2.16. The number of alkyl halides is 1. The second-order valence-electron chi connectivity index (χ2n) is 4.91. The smallest absolute Gasteiger partial charge is 0.242 e. The van der Waals surface area contributed by atoms with Gasteiger partial charge in [-0.05, 0) is 31.2 Å². The molecule has 1 heterocycles. The van der Waals surface area contributed by atoms with Gasteiger partial charge in [-0.1, -0.05) is 0 Å². The molecule has 0 unspecified atom stereocenters. The van der Waals surface area contributed by atoms with Gasteiger partial charge >= 0.3 is 0 Å². The molecule has 1 N–H and O–H groups in total. The van der Waals surface area contributed by atoms with E-state index in [2.05, 4.69) is 10.4 Å². The summed E-state index contributed by atoms with van der Waals surface area (Å²) in [5.41, 5.74) is 1.84. The van der Waals surface area contributed by atoms with Crippen LogP contribution in [-0.4, -0.2) is 15.6 Å². The molecule has 0 atom stereocenters. The first-order valence-electron chi connectivity index (χ1n) is 6.09. The molecule has 0 fully saturated rings. The zero-order valence-electron chi connectivity index (χ0n) is 11.6. The highest BCUT2D eigenvalue weighted by molar-refractivity contribution is 5.57. The number of ether oxygens (including phenoxy) is 1. The van der Waals surface area contributed by atoms with Gasteiger partial charge in [-0.3, -0.25) is 4.68 Å². The van der Waals surface area contributed by atoms with Crippen molar-refractivity contribution in [2.75, 3.05) is 5.32 Å². The van der Waals surface area contributed by atoms with Crippen LogP contribution in [0.25, 0.3) is 0 Å². The van der Waals surface area contributed by atoms with E-state index in [1.54, 1.807) is 16.8 Å². The maximum absolute atomic E-state index is 13.3. The Labute approximate surface area is 112 Å². The van der Waals surface area contributed by atoms with Gasteiger partial charge in [0.15, 0.2) is 0 Å². The minimum absolute atomic E-state index is 0.499. The fourth-order valence-corrected chi connectivity index (χ4v) is 1.76. The number of anilines is 2. The average molecular weight is 263 g/mol. The zero-order valence-corrected chi connectivity index (χ0v) is 11.6. The van der Waals surface area contributed by atoms with Crippen LogP contribution in [0.3, 0.4) is 0 Å². The largest absolute Gasteiger partial charge is 0.459 e. The Morgan fingerprint density at radius 3 is 2.37 bits per heavy atom. The van der Waals surface area contributed by atoms with E-state index in [1.165, 1.54) is 13.8 Å². The number of aromatic nitrogens is 2. The maximum Gasteiger partial charge on any atom is 0.242 e. The van der Waals surface area contributed by atoms with Gasteiger partial charge in [0.25, 0.3) is 0 Å². The van der Waals surface area contributed by atoms with Gasteiger partial charge in [0, 0.05) is 32.6 Å². The monoisotopic (exact) mass is 263 g/mol. The number of benzene rings is 1. The van der Waals surface area contributed by atoms with Gasteiger partial charge in [-0.25, -0.2) is 0 Å². The number of nitrogens with zero attached hydrogens (tertiary/aromatic N) is 2. The van der Waals surface area contributed by atoms with E-state index in [9.17, 15) is 4.39 Å². The van der Waals surface area contributed by atoms with Gasteiger partial charge < -0.3 is 10.1 Å². The quantitative estimate of drug-likeness (QED) is 0.916. The van der Waals surface area contributed by atoms with E-state index in [1.807, 2.05) is 32.2 Å². The summed E-state index contributed by atoms with van der Waals surface area (Å²) in [6.45, 7) is 4.68. The number of nitrogens with one attached hydrogen (secondary N) is 1. The predicted octanol–water partition coefficient (Wildman–Crippen LogP) is 3.56. The van der Waals surface area contributed by atoms with Crippen LogP contribution in [-0.2, 0) is 7.05 Å². The Balaban J connectivity index is 2.09. The molecule has 0 radical (unpaired) electrons. The van der Waals surface area contributed by atoms with Crippen molar-refractivity contribution in [3.05, 3.63) is 36.0 Å². The first kappa shape index (κ1) is 13.4. The van der Waals surface area contributed by atoms with Crippen LogP contribution in [0.2, 0.25) is 0 Å². The molecule has 1 aromatic heterocycles. The topological polar surface area (TPSA) is 39.1 Å². The van der Waals surface area contributed by atoms with Crippen LogP contribution in [0.15, 0.2) is 30.3 Å². The fraction of sp³-hybridized carbons (Fsp3) is 0.357. The van der Waals surface area contributed by atoms with Crippen molar-refractivity contribution in [3.8, 4) is 5.75 Å². The van der Waals surface area contributed by atoms with Crippen molar-refractivity contribution >= 4 is 11.5 Å². The molecule has 4 nitrogen and oxygen atoms in total. The van der Waals surface area contributed by atoms with Gasteiger partial charge in [-0.2, -0.15) is 9.49 Å². The Morgan fingerprint density at radius 1 is 1.26 bits per heavy atom. The number of halogens is 1. The summed E-state index contributed by atoms with van der Waals surface area (Å²) < 4.78 is 20.2. The van der Waals surface area contributed by atoms with Gasteiger partial charge in [0.1, 0.15) is 11.6 Å². The SMILES string of the molecule is Cc1cc(Nc2ccc(OC(C)(C)F)cc2)n(C)n1. The van der Waals surface area contributed by atoms with Crippen molar-refractivity contribution in [2.24, 2.45) is 7.05 Å². The van der Waals surface area contributed by atoms with Crippen LogP contribution in [0.5, 0.6) is 5.75 Å². The van der Waals surface area contributed by atoms with Crippen molar-refractivity contribution in [1.29, 1.82) is 0 Å². The molecule has 0 saturated heterocycles. The van der Waals surface area contributed by atoms with E-state index >= 15 is 0 Å². The molecule has 2 rings (SSSR count). The molecule has 19 heavy (non-hydrogen) atoms. The summed E-state index contributed by atoms with van der Waals surface area (Å²) in [7, 11) is 1.87. The molecule has 1 aromatic carbocycles. The van der Waals surface area contributed by atoms with Gasteiger partial charge in [-0.15, -0.1) is 0 Å². The lowest BCUT2D eigenvalue weighted by Crippen LogP contribution is -2.20. The number of rotatable bonds is 4. The third kappa shape index (κ3) is 3.71. The minimum atomic E-state index is -1.67. The van der Waals surface area contributed by atoms with Crippen LogP contribution in [0.4, 0.5) is 15.9 Å². The lowest BCUT2D eigenvalue weighted by atomic mass is 10.3. The van der Waals surface area contributed by atoms with Gasteiger partial charge in [0.2, 0.25) is 5.85 Å². The van der Waals surface area contributed by atoms with Crippen LogP contribution in [0, 0.1) is 6.92 Å². The second-order valence-corrected chi connectivity index (χ2v) is 4.91. The lowest BCUT2D eigenvalue weighted by molar-refractivity contribution is -0.0256. The molecule has 0 bridgehead atoms. The van der Waals surface area contributed by atoms with Crippen LogP contribution < -0.4 is 10.1 Å². The predicted molar refractivity (Wildman–Crippen MR) is 73.5 cm³/mol. The molecular weight excluding hydrogens is 245 g/mol. The Kier molecular flexibility index (Phi) is 3.46. The first-order valence-corrected chi connectivity index (χ1v) is 6.09. The number of aryl methyl sites for hydroxylation is 2. The molecule has 0 aliphatic carbocycles. The summed E-state index contributed by atoms with van der Waals surface area (Å²) >= 11 is 0. The summed E-state index contributed by atoms with van der Waals surface area (Å²) in [4.78, 5) is 0.